The normalized spacial score (nSPS) is 10.1. The van der Waals surface area contributed by atoms with Crippen molar-refractivity contribution in [1.29, 1.82) is 0 Å². The second-order valence-electron chi connectivity index (χ2n) is 4.82. The maximum absolute atomic E-state index is 11.5. The first kappa shape index (κ1) is 16.5. The van der Waals surface area contributed by atoms with Gasteiger partial charge in [0.2, 0.25) is 0 Å². The summed E-state index contributed by atoms with van der Waals surface area (Å²) in [5.41, 5.74) is 1.38. The minimum Gasteiger partial charge on any atom is -0.482 e. The molecule has 0 unspecified atom stereocenters. The first-order valence-corrected chi connectivity index (χ1v) is 7.19. The number of hydrogen-bond acceptors (Lipinski definition) is 5. The molecule has 0 radical (unpaired) electrons. The number of nitrogens with zero attached hydrogens (tertiary/aromatic N) is 1. The van der Waals surface area contributed by atoms with E-state index in [9.17, 15) is 14.9 Å². The zero-order valence-electron chi connectivity index (χ0n) is 12.7. The molecule has 0 spiro atoms. The van der Waals surface area contributed by atoms with Crippen LogP contribution in [-0.4, -0.2) is 17.5 Å². The van der Waals surface area contributed by atoms with Gasteiger partial charge in [-0.05, 0) is 24.1 Å². The molecule has 0 aromatic heterocycles. The molecular formula is C17H17NO5. The fourth-order valence-electron chi connectivity index (χ4n) is 2.05. The predicted octanol–water partition coefficient (Wildman–Crippen LogP) is 3.28. The van der Waals surface area contributed by atoms with E-state index >= 15 is 0 Å². The molecule has 0 amide bonds. The van der Waals surface area contributed by atoms with Crippen molar-refractivity contribution in [3.05, 3.63) is 69.8 Å². The molecule has 6 heteroatoms. The van der Waals surface area contributed by atoms with Crippen molar-refractivity contribution in [2.75, 3.05) is 6.61 Å². The summed E-state index contributed by atoms with van der Waals surface area (Å²) in [5, 5.41) is 11.1. The van der Waals surface area contributed by atoms with E-state index < -0.39 is 4.92 Å². The molecule has 120 valence electrons. The van der Waals surface area contributed by atoms with E-state index in [1.807, 2.05) is 30.3 Å². The summed E-state index contributed by atoms with van der Waals surface area (Å²) in [6, 6.07) is 13.7. The second-order valence-corrected chi connectivity index (χ2v) is 4.82. The zero-order valence-corrected chi connectivity index (χ0v) is 12.7. The molecule has 0 atom stereocenters. The lowest BCUT2D eigenvalue weighted by Crippen LogP contribution is -2.08. The monoisotopic (exact) mass is 315 g/mol. The van der Waals surface area contributed by atoms with Gasteiger partial charge in [-0.3, -0.25) is 14.9 Å². The van der Waals surface area contributed by atoms with Gasteiger partial charge >= 0.3 is 11.7 Å². The van der Waals surface area contributed by atoms with Crippen molar-refractivity contribution >= 4 is 11.7 Å². The van der Waals surface area contributed by atoms with Gasteiger partial charge in [0.15, 0.2) is 5.75 Å². The highest BCUT2D eigenvalue weighted by molar-refractivity contribution is 5.73. The Hall–Kier alpha value is -2.89. The Bertz CT molecular complexity index is 685. The number of ether oxygens (including phenoxy) is 2. The second kappa shape index (κ2) is 7.93. The fraction of sp³-hybridized carbons (Fsp3) is 0.235. The lowest BCUT2D eigenvalue weighted by molar-refractivity contribution is -0.386. The van der Waals surface area contributed by atoms with Crippen molar-refractivity contribution < 1.29 is 19.2 Å². The quantitative estimate of drug-likeness (QED) is 0.445. The summed E-state index contributed by atoms with van der Waals surface area (Å²) in [5.74, 6) is -0.240. The standard InChI is InChI=1S/C17H17NO5/c1-2-22-17(19)11-14-8-9-15(18(20)21)16(10-14)23-12-13-6-4-3-5-7-13/h3-10H,2,11-12H2,1H3. The minimum atomic E-state index is -0.505. The van der Waals surface area contributed by atoms with Crippen molar-refractivity contribution in [2.45, 2.75) is 20.0 Å². The molecule has 6 nitrogen and oxygen atoms in total. The average molecular weight is 315 g/mol. The van der Waals surface area contributed by atoms with Crippen LogP contribution in [0.5, 0.6) is 5.75 Å². The molecule has 0 saturated heterocycles. The van der Waals surface area contributed by atoms with Gasteiger partial charge < -0.3 is 9.47 Å². The van der Waals surface area contributed by atoms with E-state index in [1.165, 1.54) is 18.2 Å². The Morgan fingerprint density at radius 2 is 1.87 bits per heavy atom. The molecule has 23 heavy (non-hydrogen) atoms. The van der Waals surface area contributed by atoms with E-state index in [-0.39, 0.29) is 30.4 Å². The van der Waals surface area contributed by atoms with Crippen molar-refractivity contribution in [3.8, 4) is 5.75 Å². The number of carbonyl (C=O) groups is 1. The highest BCUT2D eigenvalue weighted by Crippen LogP contribution is 2.29. The summed E-state index contributed by atoms with van der Waals surface area (Å²) in [6.07, 6.45) is 0.0491. The van der Waals surface area contributed by atoms with Gasteiger partial charge in [0.05, 0.1) is 18.0 Å². The van der Waals surface area contributed by atoms with Crippen LogP contribution in [0.4, 0.5) is 5.69 Å². The lowest BCUT2D eigenvalue weighted by Gasteiger charge is -2.09. The van der Waals surface area contributed by atoms with E-state index in [4.69, 9.17) is 9.47 Å². The third-order valence-corrected chi connectivity index (χ3v) is 3.11. The summed E-state index contributed by atoms with van der Waals surface area (Å²) in [6.45, 7) is 2.23. The summed E-state index contributed by atoms with van der Waals surface area (Å²) >= 11 is 0. The van der Waals surface area contributed by atoms with Gasteiger partial charge in [-0.1, -0.05) is 36.4 Å². The van der Waals surface area contributed by atoms with Gasteiger partial charge in [0.25, 0.3) is 0 Å². The van der Waals surface area contributed by atoms with E-state index in [0.29, 0.717) is 12.2 Å². The van der Waals surface area contributed by atoms with Crippen LogP contribution in [-0.2, 0) is 22.6 Å². The molecule has 0 aliphatic heterocycles. The molecule has 2 aromatic rings. The molecule has 0 N–H and O–H groups in total. The van der Waals surface area contributed by atoms with Gasteiger partial charge in [-0.15, -0.1) is 0 Å². The molecule has 0 fully saturated rings. The summed E-state index contributed by atoms with van der Waals surface area (Å²) in [7, 11) is 0. The number of benzene rings is 2. The van der Waals surface area contributed by atoms with E-state index in [2.05, 4.69) is 0 Å². The predicted molar refractivity (Wildman–Crippen MR) is 84.2 cm³/mol. The highest BCUT2D eigenvalue weighted by atomic mass is 16.6. The number of esters is 1. The van der Waals surface area contributed by atoms with Crippen LogP contribution in [0.25, 0.3) is 0 Å². The molecule has 0 bridgehead atoms. The van der Waals surface area contributed by atoms with Crippen LogP contribution in [0.1, 0.15) is 18.1 Å². The smallest absolute Gasteiger partial charge is 0.310 e. The van der Waals surface area contributed by atoms with Crippen LogP contribution < -0.4 is 4.74 Å². The Morgan fingerprint density at radius 1 is 1.13 bits per heavy atom. The average Bonchev–Trinajstić information content (AvgIpc) is 2.54. The largest absolute Gasteiger partial charge is 0.482 e. The number of rotatable bonds is 7. The summed E-state index contributed by atoms with van der Waals surface area (Å²) < 4.78 is 10.5. The van der Waals surface area contributed by atoms with E-state index in [1.54, 1.807) is 6.92 Å². The third kappa shape index (κ3) is 4.81. The molecule has 0 saturated carbocycles. The molecule has 2 rings (SSSR count). The summed E-state index contributed by atoms with van der Waals surface area (Å²) in [4.78, 5) is 22.1. The fourth-order valence-corrected chi connectivity index (χ4v) is 2.05. The molecule has 0 aliphatic carbocycles. The number of nitro benzene ring substituents is 1. The number of carbonyl (C=O) groups excluding carboxylic acids is 1. The van der Waals surface area contributed by atoms with Gasteiger partial charge in [0.1, 0.15) is 6.61 Å². The lowest BCUT2D eigenvalue weighted by atomic mass is 10.1. The Balaban J connectivity index is 2.16. The Kier molecular flexibility index (Phi) is 5.68. The minimum absolute atomic E-state index is 0.0491. The first-order valence-electron chi connectivity index (χ1n) is 7.19. The van der Waals surface area contributed by atoms with Crippen LogP contribution >= 0.6 is 0 Å². The maximum Gasteiger partial charge on any atom is 0.310 e. The Morgan fingerprint density at radius 3 is 2.52 bits per heavy atom. The molecule has 2 aromatic carbocycles. The third-order valence-electron chi connectivity index (χ3n) is 3.11. The zero-order chi connectivity index (χ0) is 16.7. The van der Waals surface area contributed by atoms with Gasteiger partial charge in [0, 0.05) is 6.07 Å². The number of hydrogen-bond donors (Lipinski definition) is 0. The van der Waals surface area contributed by atoms with Crippen LogP contribution in [0.3, 0.4) is 0 Å². The highest BCUT2D eigenvalue weighted by Gasteiger charge is 2.17. The van der Waals surface area contributed by atoms with Crippen molar-refractivity contribution in [2.24, 2.45) is 0 Å². The first-order chi connectivity index (χ1) is 11.1. The van der Waals surface area contributed by atoms with E-state index in [0.717, 1.165) is 5.56 Å². The van der Waals surface area contributed by atoms with Crippen molar-refractivity contribution in [3.63, 3.8) is 0 Å². The van der Waals surface area contributed by atoms with Crippen LogP contribution in [0, 0.1) is 10.1 Å². The van der Waals surface area contributed by atoms with Crippen LogP contribution in [0.2, 0.25) is 0 Å². The maximum atomic E-state index is 11.5. The molecule has 0 heterocycles. The topological polar surface area (TPSA) is 78.7 Å². The van der Waals surface area contributed by atoms with Crippen molar-refractivity contribution in [1.82, 2.24) is 0 Å². The molecule has 0 aliphatic rings. The molecular weight excluding hydrogens is 298 g/mol. The number of nitro groups is 1. The van der Waals surface area contributed by atoms with Gasteiger partial charge in [-0.2, -0.15) is 0 Å². The van der Waals surface area contributed by atoms with Gasteiger partial charge in [-0.25, -0.2) is 0 Å². The van der Waals surface area contributed by atoms with Crippen LogP contribution in [0.15, 0.2) is 48.5 Å². The Labute approximate surface area is 133 Å². The SMILES string of the molecule is CCOC(=O)Cc1ccc([N+](=O)[O-])c(OCc2ccccc2)c1.